The van der Waals surface area contributed by atoms with E-state index in [9.17, 15) is 0 Å². The lowest BCUT2D eigenvalue weighted by molar-refractivity contribution is 1.10. The van der Waals surface area contributed by atoms with Gasteiger partial charge in [-0.05, 0) is 12.1 Å². The fourth-order valence-electron chi connectivity index (χ4n) is 2.03. The summed E-state index contributed by atoms with van der Waals surface area (Å²) in [5.74, 6) is 0. The predicted octanol–water partition coefficient (Wildman–Crippen LogP) is 5.05. The molecule has 0 spiro atoms. The molecule has 0 radical (unpaired) electrons. The van der Waals surface area contributed by atoms with Gasteiger partial charge in [-0.1, -0.05) is 59.6 Å². The summed E-state index contributed by atoms with van der Waals surface area (Å²) < 4.78 is 0. The third kappa shape index (κ3) is 2.25. The Bertz CT molecular complexity index is 659. The summed E-state index contributed by atoms with van der Waals surface area (Å²) in [5.41, 5.74) is 3.57. The average molecular weight is 289 g/mol. The van der Waals surface area contributed by atoms with E-state index in [1.165, 1.54) is 0 Å². The summed E-state index contributed by atoms with van der Waals surface area (Å²) in [6.45, 7) is 0. The highest BCUT2D eigenvalue weighted by Gasteiger charge is 2.14. The van der Waals surface area contributed by atoms with Crippen LogP contribution < -0.4 is 0 Å². The first-order valence-corrected chi connectivity index (χ1v) is 6.56. The molecular formula is C15H10Cl2N2. The molecule has 0 bridgehead atoms. The number of aromatic amines is 1. The molecule has 0 fully saturated rings. The second-order valence-corrected chi connectivity index (χ2v) is 4.92. The predicted molar refractivity (Wildman–Crippen MR) is 79.5 cm³/mol. The minimum Gasteiger partial charge on any atom is -0.284 e. The number of rotatable bonds is 2. The van der Waals surface area contributed by atoms with Gasteiger partial charge in [-0.2, -0.15) is 5.10 Å². The van der Waals surface area contributed by atoms with E-state index in [1.807, 2.05) is 54.7 Å². The van der Waals surface area contributed by atoms with Crippen molar-refractivity contribution in [1.82, 2.24) is 10.2 Å². The number of nitrogens with zero attached hydrogens (tertiary/aromatic N) is 1. The minimum absolute atomic E-state index is 0.669. The highest BCUT2D eigenvalue weighted by atomic mass is 35.5. The van der Waals surface area contributed by atoms with Crippen molar-refractivity contribution in [1.29, 1.82) is 0 Å². The fraction of sp³-hybridized carbons (Fsp3) is 0. The van der Waals surface area contributed by atoms with Crippen molar-refractivity contribution in [2.75, 3.05) is 0 Å². The molecule has 0 aliphatic carbocycles. The highest BCUT2D eigenvalue weighted by Crippen LogP contribution is 2.36. The van der Waals surface area contributed by atoms with Crippen LogP contribution in [0.15, 0.2) is 54.7 Å². The summed E-state index contributed by atoms with van der Waals surface area (Å²) in [6, 6.07) is 15.3. The van der Waals surface area contributed by atoms with E-state index in [-0.39, 0.29) is 0 Å². The topological polar surface area (TPSA) is 28.7 Å². The highest BCUT2D eigenvalue weighted by molar-refractivity contribution is 6.34. The van der Waals surface area contributed by atoms with Crippen molar-refractivity contribution in [3.8, 4) is 22.4 Å². The van der Waals surface area contributed by atoms with Gasteiger partial charge in [0.05, 0.1) is 5.02 Å². The summed E-state index contributed by atoms with van der Waals surface area (Å²) in [4.78, 5) is 0. The zero-order chi connectivity index (χ0) is 13.2. The van der Waals surface area contributed by atoms with Crippen LogP contribution in [0.5, 0.6) is 0 Å². The van der Waals surface area contributed by atoms with E-state index >= 15 is 0 Å². The Kier molecular flexibility index (Phi) is 3.28. The van der Waals surface area contributed by atoms with Gasteiger partial charge in [0.1, 0.15) is 5.69 Å². The second-order valence-electron chi connectivity index (χ2n) is 4.11. The molecule has 2 aromatic carbocycles. The average Bonchev–Trinajstić information content (AvgIpc) is 2.89. The van der Waals surface area contributed by atoms with Crippen LogP contribution in [0.3, 0.4) is 0 Å². The number of hydrogen-bond acceptors (Lipinski definition) is 1. The van der Waals surface area contributed by atoms with Crippen LogP contribution in [0.25, 0.3) is 22.4 Å². The van der Waals surface area contributed by atoms with Crippen molar-refractivity contribution in [2.45, 2.75) is 0 Å². The number of H-pyrrole nitrogens is 1. The van der Waals surface area contributed by atoms with Crippen molar-refractivity contribution >= 4 is 23.2 Å². The van der Waals surface area contributed by atoms with Gasteiger partial charge < -0.3 is 0 Å². The molecule has 2 nitrogen and oxygen atoms in total. The monoisotopic (exact) mass is 288 g/mol. The van der Waals surface area contributed by atoms with E-state index in [0.717, 1.165) is 22.4 Å². The van der Waals surface area contributed by atoms with Gasteiger partial charge in [-0.25, -0.2) is 0 Å². The molecule has 0 unspecified atom stereocenters. The molecule has 1 heterocycles. The van der Waals surface area contributed by atoms with E-state index in [2.05, 4.69) is 10.2 Å². The van der Waals surface area contributed by atoms with Crippen LogP contribution in [0.1, 0.15) is 0 Å². The number of benzene rings is 2. The van der Waals surface area contributed by atoms with Gasteiger partial charge in [-0.15, -0.1) is 0 Å². The SMILES string of the molecule is Clc1ccccc1-c1c[nH]nc1-c1ccccc1Cl. The van der Waals surface area contributed by atoms with Gasteiger partial charge in [0, 0.05) is 27.9 Å². The molecule has 0 amide bonds. The van der Waals surface area contributed by atoms with Gasteiger partial charge in [0.25, 0.3) is 0 Å². The number of halogens is 2. The quantitative estimate of drug-likeness (QED) is 0.702. The van der Waals surface area contributed by atoms with Crippen molar-refractivity contribution in [2.24, 2.45) is 0 Å². The standard InChI is InChI=1S/C15H10Cl2N2/c16-13-7-3-1-5-10(13)12-9-18-19-15(12)11-6-2-4-8-14(11)17/h1-9H,(H,18,19). The molecule has 3 aromatic rings. The Morgan fingerprint density at radius 3 is 1.95 bits per heavy atom. The van der Waals surface area contributed by atoms with Gasteiger partial charge >= 0.3 is 0 Å². The fourth-order valence-corrected chi connectivity index (χ4v) is 2.50. The van der Waals surface area contributed by atoms with E-state index in [0.29, 0.717) is 10.0 Å². The number of aromatic nitrogens is 2. The Morgan fingerprint density at radius 2 is 1.32 bits per heavy atom. The smallest absolute Gasteiger partial charge is 0.101 e. The van der Waals surface area contributed by atoms with Crippen molar-refractivity contribution < 1.29 is 0 Å². The second kappa shape index (κ2) is 5.08. The summed E-state index contributed by atoms with van der Waals surface area (Å²) in [7, 11) is 0. The molecule has 0 saturated carbocycles. The molecule has 0 aliphatic heterocycles. The Labute approximate surface area is 121 Å². The molecule has 19 heavy (non-hydrogen) atoms. The van der Waals surface area contributed by atoms with Crippen molar-refractivity contribution in [3.05, 3.63) is 64.8 Å². The van der Waals surface area contributed by atoms with E-state index in [1.54, 1.807) is 0 Å². The largest absolute Gasteiger partial charge is 0.284 e. The number of nitrogens with one attached hydrogen (secondary N) is 1. The van der Waals surface area contributed by atoms with Gasteiger partial charge in [0.15, 0.2) is 0 Å². The van der Waals surface area contributed by atoms with E-state index < -0.39 is 0 Å². The Hall–Kier alpha value is -1.77. The zero-order valence-corrected chi connectivity index (χ0v) is 11.4. The van der Waals surface area contributed by atoms with E-state index in [4.69, 9.17) is 23.2 Å². The molecule has 0 saturated heterocycles. The summed E-state index contributed by atoms with van der Waals surface area (Å²) >= 11 is 12.5. The molecule has 1 aromatic heterocycles. The van der Waals surface area contributed by atoms with Crippen molar-refractivity contribution in [3.63, 3.8) is 0 Å². The molecule has 1 N–H and O–H groups in total. The maximum atomic E-state index is 6.24. The van der Waals surface area contributed by atoms with Crippen LogP contribution in [0.4, 0.5) is 0 Å². The molecule has 94 valence electrons. The first kappa shape index (κ1) is 12.3. The maximum Gasteiger partial charge on any atom is 0.101 e. The first-order valence-electron chi connectivity index (χ1n) is 5.81. The van der Waals surface area contributed by atoms with Crippen LogP contribution in [0, 0.1) is 0 Å². The molecule has 0 atom stereocenters. The van der Waals surface area contributed by atoms with Crippen LogP contribution in [-0.2, 0) is 0 Å². The van der Waals surface area contributed by atoms with Crippen LogP contribution in [-0.4, -0.2) is 10.2 Å². The van der Waals surface area contributed by atoms with Crippen LogP contribution in [0.2, 0.25) is 10.0 Å². The van der Waals surface area contributed by atoms with Gasteiger partial charge in [0.2, 0.25) is 0 Å². The summed E-state index contributed by atoms with van der Waals surface area (Å²) in [5, 5.41) is 8.54. The number of hydrogen-bond donors (Lipinski definition) is 1. The molecule has 3 rings (SSSR count). The molecule has 0 aliphatic rings. The van der Waals surface area contributed by atoms with Crippen LogP contribution >= 0.6 is 23.2 Å². The normalized spacial score (nSPS) is 10.6. The minimum atomic E-state index is 0.669. The lowest BCUT2D eigenvalue weighted by Gasteiger charge is -2.06. The third-order valence-corrected chi connectivity index (χ3v) is 3.59. The molecular weight excluding hydrogens is 279 g/mol. The van der Waals surface area contributed by atoms with Gasteiger partial charge in [-0.3, -0.25) is 5.10 Å². The Morgan fingerprint density at radius 1 is 0.737 bits per heavy atom. The lowest BCUT2D eigenvalue weighted by Crippen LogP contribution is -1.84. The summed E-state index contributed by atoms with van der Waals surface area (Å²) in [6.07, 6.45) is 1.83. The zero-order valence-electron chi connectivity index (χ0n) is 9.90. The first-order chi connectivity index (χ1) is 9.27. The lowest BCUT2D eigenvalue weighted by atomic mass is 10.0. The maximum absolute atomic E-state index is 6.24. The third-order valence-electron chi connectivity index (χ3n) is 2.93. The Balaban J connectivity index is 2.20. The molecule has 4 heteroatoms.